The average molecular weight is 303 g/mol. The molecule has 0 radical (unpaired) electrons. The van der Waals surface area contributed by atoms with Gasteiger partial charge in [0.2, 0.25) is 21.8 Å². The van der Waals surface area contributed by atoms with Gasteiger partial charge in [-0.1, -0.05) is 0 Å². The van der Waals surface area contributed by atoms with Gasteiger partial charge in [-0.05, 0) is 0 Å². The maximum atomic E-state index is 11.8. The molecule has 1 unspecified atom stereocenters. The van der Waals surface area contributed by atoms with Gasteiger partial charge in [0.1, 0.15) is 0 Å². The number of rotatable bonds is 4. The van der Waals surface area contributed by atoms with E-state index in [0.29, 0.717) is 0 Å². The van der Waals surface area contributed by atoms with Gasteiger partial charge in [0.25, 0.3) is 5.95 Å². The van der Waals surface area contributed by atoms with Gasteiger partial charge in [0.05, 0.1) is 12.9 Å². The molecule has 1 fully saturated rings. The fourth-order valence-corrected chi connectivity index (χ4v) is 2.86. The fourth-order valence-electron chi connectivity index (χ4n) is 1.98. The van der Waals surface area contributed by atoms with Crippen LogP contribution in [0, 0.1) is 5.92 Å². The summed E-state index contributed by atoms with van der Waals surface area (Å²) in [5.41, 5.74) is 0. The Morgan fingerprint density at radius 3 is 2.90 bits per heavy atom. The van der Waals surface area contributed by atoms with Crippen LogP contribution < -0.4 is 10.0 Å². The van der Waals surface area contributed by atoms with Crippen LogP contribution in [0.5, 0.6) is 0 Å². The standard InChI is InChI=1S/C9H13N5O5S/c1-19-8(16)7-11-9(13-12-7)14-3-5(2-6(14)15)4-20(10,17)18/h5H,2-4H2,1H3,(H2,10,17,18)(H,11,12,13). The number of carbonyl (C=O) groups excluding carboxylic acids is 2. The number of ether oxygens (including phenoxy) is 1. The summed E-state index contributed by atoms with van der Waals surface area (Å²) in [6.45, 7) is 0.133. The minimum Gasteiger partial charge on any atom is -0.463 e. The first kappa shape index (κ1) is 14.4. The summed E-state index contributed by atoms with van der Waals surface area (Å²) < 4.78 is 26.5. The van der Waals surface area contributed by atoms with Crippen LogP contribution in [-0.4, -0.2) is 54.9 Å². The molecule has 1 aliphatic heterocycles. The van der Waals surface area contributed by atoms with Crippen molar-refractivity contribution in [2.24, 2.45) is 11.1 Å². The second-order valence-electron chi connectivity index (χ2n) is 4.38. The summed E-state index contributed by atoms with van der Waals surface area (Å²) in [5, 5.41) is 11.0. The van der Waals surface area contributed by atoms with E-state index in [1.807, 2.05) is 0 Å². The zero-order chi connectivity index (χ0) is 14.9. The number of carbonyl (C=O) groups is 2. The zero-order valence-electron chi connectivity index (χ0n) is 10.6. The number of hydrogen-bond acceptors (Lipinski definition) is 7. The number of esters is 1. The van der Waals surface area contributed by atoms with E-state index in [2.05, 4.69) is 19.9 Å². The van der Waals surface area contributed by atoms with Gasteiger partial charge in [0, 0.05) is 18.9 Å². The highest BCUT2D eigenvalue weighted by Gasteiger charge is 2.35. The molecule has 0 saturated carbocycles. The van der Waals surface area contributed by atoms with Crippen molar-refractivity contribution in [3.63, 3.8) is 0 Å². The summed E-state index contributed by atoms with van der Waals surface area (Å²) in [5.74, 6) is -1.87. The van der Waals surface area contributed by atoms with Crippen molar-refractivity contribution in [1.82, 2.24) is 15.2 Å². The van der Waals surface area contributed by atoms with E-state index in [0.717, 1.165) is 0 Å². The van der Waals surface area contributed by atoms with Crippen LogP contribution in [-0.2, 0) is 19.6 Å². The predicted molar refractivity (Wildman–Crippen MR) is 66.2 cm³/mol. The highest BCUT2D eigenvalue weighted by molar-refractivity contribution is 7.89. The average Bonchev–Trinajstić information content (AvgIpc) is 2.92. The number of amides is 1. The fraction of sp³-hybridized carbons (Fsp3) is 0.556. The topological polar surface area (TPSA) is 148 Å². The zero-order valence-corrected chi connectivity index (χ0v) is 11.4. The van der Waals surface area contributed by atoms with Gasteiger partial charge >= 0.3 is 5.97 Å². The van der Waals surface area contributed by atoms with E-state index in [1.54, 1.807) is 0 Å². The number of anilines is 1. The maximum Gasteiger partial charge on any atom is 0.375 e. The molecule has 1 saturated heterocycles. The second-order valence-corrected chi connectivity index (χ2v) is 6.04. The lowest BCUT2D eigenvalue weighted by Crippen LogP contribution is -2.28. The Labute approximate surface area is 114 Å². The minimum atomic E-state index is -3.65. The molecule has 1 atom stereocenters. The first-order valence-electron chi connectivity index (χ1n) is 5.61. The molecule has 110 valence electrons. The largest absolute Gasteiger partial charge is 0.463 e. The number of nitrogens with one attached hydrogen (secondary N) is 1. The Kier molecular flexibility index (Phi) is 3.72. The summed E-state index contributed by atoms with van der Waals surface area (Å²) in [4.78, 5) is 28.1. The molecule has 11 heteroatoms. The van der Waals surface area contributed by atoms with Gasteiger partial charge in [0.15, 0.2) is 0 Å². The first-order chi connectivity index (χ1) is 9.30. The number of primary sulfonamides is 1. The molecule has 1 aromatic rings. The monoisotopic (exact) mass is 303 g/mol. The lowest BCUT2D eigenvalue weighted by molar-refractivity contribution is -0.117. The van der Waals surface area contributed by atoms with E-state index in [4.69, 9.17) is 5.14 Å². The number of hydrogen-bond donors (Lipinski definition) is 2. The van der Waals surface area contributed by atoms with Crippen LogP contribution in [0.1, 0.15) is 17.0 Å². The van der Waals surface area contributed by atoms with Crippen molar-refractivity contribution < 1.29 is 22.7 Å². The Hall–Kier alpha value is -2.01. The van der Waals surface area contributed by atoms with Gasteiger partial charge in [-0.25, -0.2) is 18.4 Å². The number of methoxy groups -OCH3 is 1. The van der Waals surface area contributed by atoms with Crippen molar-refractivity contribution in [1.29, 1.82) is 0 Å². The van der Waals surface area contributed by atoms with Crippen LogP contribution >= 0.6 is 0 Å². The summed E-state index contributed by atoms with van der Waals surface area (Å²) in [6, 6.07) is 0. The number of sulfonamides is 1. The van der Waals surface area contributed by atoms with Crippen molar-refractivity contribution in [2.75, 3.05) is 24.3 Å². The molecule has 1 amide bonds. The Balaban J connectivity index is 2.12. The number of nitrogens with zero attached hydrogens (tertiary/aromatic N) is 3. The highest BCUT2D eigenvalue weighted by atomic mass is 32.2. The third-order valence-corrected chi connectivity index (χ3v) is 3.70. The molecule has 0 aliphatic carbocycles. The predicted octanol–water partition coefficient (Wildman–Crippen LogP) is -1.77. The maximum absolute atomic E-state index is 11.8. The molecular weight excluding hydrogens is 290 g/mol. The Morgan fingerprint density at radius 1 is 1.60 bits per heavy atom. The number of aromatic amines is 1. The molecule has 3 N–H and O–H groups in total. The van der Waals surface area contributed by atoms with Crippen molar-refractivity contribution in [3.05, 3.63) is 5.82 Å². The van der Waals surface area contributed by atoms with Gasteiger partial charge in [-0.2, -0.15) is 4.98 Å². The number of nitrogens with two attached hydrogens (primary N) is 1. The SMILES string of the molecule is COC(=O)c1nc(N2CC(CS(N)(=O)=O)CC2=O)n[nH]1. The quantitative estimate of drug-likeness (QED) is 0.625. The molecule has 2 rings (SSSR count). The number of H-pyrrole nitrogens is 1. The molecule has 0 spiro atoms. The first-order valence-corrected chi connectivity index (χ1v) is 7.33. The summed E-state index contributed by atoms with van der Waals surface area (Å²) >= 11 is 0. The van der Waals surface area contributed by atoms with Crippen molar-refractivity contribution in [2.45, 2.75) is 6.42 Å². The molecule has 1 aliphatic rings. The molecule has 20 heavy (non-hydrogen) atoms. The molecule has 2 heterocycles. The van der Waals surface area contributed by atoms with E-state index in [-0.39, 0.29) is 36.4 Å². The van der Waals surface area contributed by atoms with E-state index in [1.165, 1.54) is 12.0 Å². The lowest BCUT2D eigenvalue weighted by atomic mass is 10.1. The molecule has 10 nitrogen and oxygen atoms in total. The molecular formula is C9H13N5O5S. The third-order valence-electron chi connectivity index (χ3n) is 2.77. The summed E-state index contributed by atoms with van der Waals surface area (Å²) in [6.07, 6.45) is 0.0402. The van der Waals surface area contributed by atoms with E-state index >= 15 is 0 Å². The van der Waals surface area contributed by atoms with Gasteiger partial charge in [-0.15, -0.1) is 5.10 Å². The Bertz CT molecular complexity index is 639. The highest BCUT2D eigenvalue weighted by Crippen LogP contribution is 2.22. The summed E-state index contributed by atoms with van der Waals surface area (Å²) in [7, 11) is -2.46. The molecule has 1 aromatic heterocycles. The Morgan fingerprint density at radius 2 is 2.30 bits per heavy atom. The number of aromatic nitrogens is 3. The van der Waals surface area contributed by atoms with Gasteiger partial charge < -0.3 is 4.74 Å². The molecule has 0 aromatic carbocycles. The van der Waals surface area contributed by atoms with Crippen molar-refractivity contribution in [3.8, 4) is 0 Å². The smallest absolute Gasteiger partial charge is 0.375 e. The van der Waals surface area contributed by atoms with Crippen LogP contribution in [0.3, 0.4) is 0 Å². The van der Waals surface area contributed by atoms with Crippen LogP contribution in [0.25, 0.3) is 0 Å². The van der Waals surface area contributed by atoms with Gasteiger partial charge in [-0.3, -0.25) is 14.8 Å². The third kappa shape index (κ3) is 3.11. The normalized spacial score (nSPS) is 19.4. The van der Waals surface area contributed by atoms with E-state index < -0.39 is 21.9 Å². The second kappa shape index (κ2) is 5.17. The van der Waals surface area contributed by atoms with Crippen molar-refractivity contribution >= 4 is 27.8 Å². The molecule has 0 bridgehead atoms. The van der Waals surface area contributed by atoms with Crippen LogP contribution in [0.2, 0.25) is 0 Å². The van der Waals surface area contributed by atoms with E-state index in [9.17, 15) is 18.0 Å². The van der Waals surface area contributed by atoms with Crippen LogP contribution in [0.15, 0.2) is 0 Å². The van der Waals surface area contributed by atoms with Crippen LogP contribution in [0.4, 0.5) is 5.95 Å². The lowest BCUT2D eigenvalue weighted by Gasteiger charge is -2.11. The minimum absolute atomic E-state index is 0.00678.